The first-order chi connectivity index (χ1) is 14.2. The van der Waals surface area contributed by atoms with E-state index >= 15 is 0 Å². The summed E-state index contributed by atoms with van der Waals surface area (Å²) >= 11 is 0. The number of esters is 1. The molecule has 0 aliphatic carbocycles. The number of hydrogen-bond acceptors (Lipinski definition) is 7. The fraction of sp³-hybridized carbons (Fsp3) is 0.455. The molecular formula is C22H27N3O5. The summed E-state index contributed by atoms with van der Waals surface area (Å²) in [6.07, 6.45) is 3.11. The van der Waals surface area contributed by atoms with E-state index in [0.717, 1.165) is 19.3 Å². The molecule has 1 aromatic carbocycles. The molecule has 1 heterocycles. The van der Waals surface area contributed by atoms with Crippen molar-refractivity contribution in [3.63, 3.8) is 0 Å². The number of nitriles is 1. The molecule has 2 atom stereocenters. The standard InChI is InChI=1S/C22H27N3O5/c1-14-5-4-6-15(2)25(14)21(27)13-29-18-9-7-17(8-10-18)22(28)30-12-20(26)19(11-23)16(3)24/h7-10,14-15H,4-6,12-13,24H2,1-3H3/b19-16+. The zero-order valence-electron chi connectivity index (χ0n) is 17.5. The van der Waals surface area contributed by atoms with Gasteiger partial charge in [0, 0.05) is 17.8 Å². The van der Waals surface area contributed by atoms with E-state index in [1.165, 1.54) is 19.1 Å². The third kappa shape index (κ3) is 5.83. The molecule has 0 spiro atoms. The van der Waals surface area contributed by atoms with Gasteiger partial charge in [-0.1, -0.05) is 0 Å². The first-order valence-electron chi connectivity index (χ1n) is 9.85. The Morgan fingerprint density at radius 2 is 1.73 bits per heavy atom. The van der Waals surface area contributed by atoms with Gasteiger partial charge < -0.3 is 20.1 Å². The third-order valence-corrected chi connectivity index (χ3v) is 5.05. The van der Waals surface area contributed by atoms with Crippen LogP contribution in [0.5, 0.6) is 5.75 Å². The fourth-order valence-corrected chi connectivity index (χ4v) is 3.48. The molecule has 2 N–H and O–H groups in total. The lowest BCUT2D eigenvalue weighted by atomic mass is 9.97. The van der Waals surface area contributed by atoms with Crippen molar-refractivity contribution in [2.45, 2.75) is 52.1 Å². The van der Waals surface area contributed by atoms with Gasteiger partial charge in [-0.25, -0.2) is 4.79 Å². The summed E-state index contributed by atoms with van der Waals surface area (Å²) in [7, 11) is 0. The van der Waals surface area contributed by atoms with Gasteiger partial charge in [-0.3, -0.25) is 9.59 Å². The molecule has 2 unspecified atom stereocenters. The van der Waals surface area contributed by atoms with E-state index in [1.807, 2.05) is 18.7 Å². The van der Waals surface area contributed by atoms with Crippen molar-refractivity contribution in [1.29, 1.82) is 5.26 Å². The van der Waals surface area contributed by atoms with Gasteiger partial charge in [-0.05, 0) is 64.3 Å². The first-order valence-corrected chi connectivity index (χ1v) is 9.85. The highest BCUT2D eigenvalue weighted by Crippen LogP contribution is 2.23. The predicted octanol–water partition coefficient (Wildman–Crippen LogP) is 2.34. The number of nitrogens with two attached hydrogens (primary N) is 1. The predicted molar refractivity (Wildman–Crippen MR) is 109 cm³/mol. The van der Waals surface area contributed by atoms with E-state index in [4.69, 9.17) is 20.5 Å². The van der Waals surface area contributed by atoms with E-state index in [9.17, 15) is 14.4 Å². The second-order valence-electron chi connectivity index (χ2n) is 7.41. The summed E-state index contributed by atoms with van der Waals surface area (Å²) in [5, 5.41) is 8.89. The molecule has 1 saturated heterocycles. The Balaban J connectivity index is 1.88. The van der Waals surface area contributed by atoms with Crippen molar-refractivity contribution >= 4 is 17.7 Å². The lowest BCUT2D eigenvalue weighted by molar-refractivity contribution is -0.139. The van der Waals surface area contributed by atoms with Gasteiger partial charge in [0.15, 0.2) is 13.2 Å². The average molecular weight is 413 g/mol. The van der Waals surface area contributed by atoms with Crippen LogP contribution in [0, 0.1) is 11.3 Å². The van der Waals surface area contributed by atoms with E-state index in [2.05, 4.69) is 0 Å². The van der Waals surface area contributed by atoms with Crippen LogP contribution in [0.2, 0.25) is 0 Å². The Morgan fingerprint density at radius 3 is 2.27 bits per heavy atom. The van der Waals surface area contributed by atoms with Crippen molar-refractivity contribution in [3.8, 4) is 11.8 Å². The molecule has 8 heteroatoms. The Bertz CT molecular complexity index is 856. The van der Waals surface area contributed by atoms with Crippen LogP contribution in [0.15, 0.2) is 35.5 Å². The van der Waals surface area contributed by atoms with Gasteiger partial charge in [-0.15, -0.1) is 0 Å². The number of Topliss-reactive ketones (excluding diaryl/α,β-unsaturated/α-hetero) is 1. The van der Waals surface area contributed by atoms with Crippen molar-refractivity contribution in [3.05, 3.63) is 41.1 Å². The smallest absolute Gasteiger partial charge is 0.338 e. The number of piperidine rings is 1. The maximum Gasteiger partial charge on any atom is 0.338 e. The molecule has 1 aromatic rings. The summed E-state index contributed by atoms with van der Waals surface area (Å²) in [6.45, 7) is 4.87. The number of nitrogens with zero attached hydrogens (tertiary/aromatic N) is 2. The van der Waals surface area contributed by atoms with Crippen LogP contribution in [0.4, 0.5) is 0 Å². The van der Waals surface area contributed by atoms with Gasteiger partial charge in [0.25, 0.3) is 5.91 Å². The van der Waals surface area contributed by atoms with E-state index in [1.54, 1.807) is 18.2 Å². The van der Waals surface area contributed by atoms with E-state index in [-0.39, 0.29) is 41.4 Å². The lowest BCUT2D eigenvalue weighted by Gasteiger charge is -2.38. The molecule has 30 heavy (non-hydrogen) atoms. The quantitative estimate of drug-likeness (QED) is 0.413. The van der Waals surface area contributed by atoms with Crippen LogP contribution in [0.3, 0.4) is 0 Å². The minimum atomic E-state index is -0.714. The lowest BCUT2D eigenvalue weighted by Crippen LogP contribution is -2.49. The normalized spacial score (nSPS) is 19.3. The average Bonchev–Trinajstić information content (AvgIpc) is 2.71. The summed E-state index contributed by atoms with van der Waals surface area (Å²) in [5.74, 6) is -0.991. The minimum Gasteiger partial charge on any atom is -0.484 e. The van der Waals surface area contributed by atoms with Crippen LogP contribution in [-0.2, 0) is 14.3 Å². The molecule has 160 valence electrons. The zero-order valence-corrected chi connectivity index (χ0v) is 17.5. The van der Waals surface area contributed by atoms with Gasteiger partial charge in [0.2, 0.25) is 5.78 Å². The Hall–Kier alpha value is -3.34. The number of likely N-dealkylation sites (tertiary alicyclic amines) is 1. The zero-order chi connectivity index (χ0) is 22.3. The molecule has 8 nitrogen and oxygen atoms in total. The molecular weight excluding hydrogens is 386 g/mol. The van der Waals surface area contributed by atoms with Crippen molar-refractivity contribution in [2.24, 2.45) is 5.73 Å². The highest BCUT2D eigenvalue weighted by molar-refractivity contribution is 6.02. The number of allylic oxidation sites excluding steroid dienone is 1. The SMILES string of the molecule is C/C(N)=C(/C#N)C(=O)COC(=O)c1ccc(OCC(=O)N2C(C)CCCC2C)cc1. The van der Waals surface area contributed by atoms with Crippen LogP contribution in [0.1, 0.15) is 50.4 Å². The number of ketones is 1. The topological polar surface area (TPSA) is 123 Å². The summed E-state index contributed by atoms with van der Waals surface area (Å²) in [4.78, 5) is 38.3. The first kappa shape index (κ1) is 22.9. The Kier molecular flexibility index (Phi) is 7.98. The number of hydrogen-bond donors (Lipinski definition) is 1. The van der Waals surface area contributed by atoms with Crippen LogP contribution >= 0.6 is 0 Å². The maximum atomic E-state index is 12.5. The molecule has 2 rings (SSSR count). The highest BCUT2D eigenvalue weighted by atomic mass is 16.5. The Morgan fingerprint density at radius 1 is 1.13 bits per heavy atom. The molecule has 1 amide bonds. The van der Waals surface area contributed by atoms with Gasteiger partial charge in [0.05, 0.1) is 5.56 Å². The van der Waals surface area contributed by atoms with Crippen molar-refractivity contribution in [1.82, 2.24) is 4.90 Å². The highest BCUT2D eigenvalue weighted by Gasteiger charge is 2.29. The summed E-state index contributed by atoms with van der Waals surface area (Å²) < 4.78 is 10.5. The monoisotopic (exact) mass is 413 g/mol. The minimum absolute atomic E-state index is 0.0618. The summed E-state index contributed by atoms with van der Waals surface area (Å²) in [5.41, 5.74) is 5.51. The maximum absolute atomic E-state index is 12.5. The number of carbonyl (C=O) groups excluding carboxylic acids is 3. The van der Waals surface area contributed by atoms with Crippen LogP contribution < -0.4 is 10.5 Å². The number of ether oxygens (including phenoxy) is 2. The van der Waals surface area contributed by atoms with Crippen LogP contribution in [0.25, 0.3) is 0 Å². The Labute approximate surface area is 176 Å². The van der Waals surface area contributed by atoms with Gasteiger partial charge >= 0.3 is 5.97 Å². The molecule has 1 fully saturated rings. The number of rotatable bonds is 7. The molecule has 0 bridgehead atoms. The fourth-order valence-electron chi connectivity index (χ4n) is 3.48. The summed E-state index contributed by atoms with van der Waals surface area (Å²) in [6, 6.07) is 8.16. The number of benzene rings is 1. The number of amides is 1. The molecule has 0 radical (unpaired) electrons. The largest absolute Gasteiger partial charge is 0.484 e. The van der Waals surface area contributed by atoms with Gasteiger partial charge in [0.1, 0.15) is 17.4 Å². The van der Waals surface area contributed by atoms with Crippen LogP contribution in [-0.4, -0.2) is 47.9 Å². The molecule has 1 aliphatic heterocycles. The van der Waals surface area contributed by atoms with Gasteiger partial charge in [-0.2, -0.15) is 5.26 Å². The third-order valence-electron chi connectivity index (χ3n) is 5.05. The van der Waals surface area contributed by atoms with Crippen molar-refractivity contribution in [2.75, 3.05) is 13.2 Å². The van der Waals surface area contributed by atoms with E-state index < -0.39 is 18.4 Å². The molecule has 1 aliphatic rings. The molecule has 0 saturated carbocycles. The molecule has 0 aromatic heterocycles. The second-order valence-corrected chi connectivity index (χ2v) is 7.41. The number of carbonyl (C=O) groups is 3. The second kappa shape index (κ2) is 10.4. The van der Waals surface area contributed by atoms with E-state index in [0.29, 0.717) is 5.75 Å². The van der Waals surface area contributed by atoms with Crippen molar-refractivity contribution < 1.29 is 23.9 Å².